The Morgan fingerprint density at radius 1 is 1.40 bits per heavy atom. The zero-order valence-electron chi connectivity index (χ0n) is 4.91. The maximum absolute atomic E-state index is 5.43. The Bertz CT molecular complexity index is 233. The monoisotopic (exact) mass is 199 g/mol. The lowest BCUT2D eigenvalue weighted by Crippen LogP contribution is -2.01. The van der Waals surface area contributed by atoms with Crippen LogP contribution in [0.4, 0.5) is 0 Å². The summed E-state index contributed by atoms with van der Waals surface area (Å²) in [5.41, 5.74) is 0. The molecule has 1 unspecified atom stereocenters. The van der Waals surface area contributed by atoms with Crippen molar-refractivity contribution in [3.63, 3.8) is 0 Å². The Morgan fingerprint density at radius 2 is 2.10 bits per heavy atom. The summed E-state index contributed by atoms with van der Waals surface area (Å²) in [6, 6.07) is 0. The van der Waals surface area contributed by atoms with Gasteiger partial charge in [0.05, 0.1) is 7.11 Å². The lowest BCUT2D eigenvalue weighted by atomic mass is 11.2. The summed E-state index contributed by atoms with van der Waals surface area (Å²) < 4.78 is 12.2. The molecule has 1 heterocycles. The normalized spacial score (nSPS) is 24.9. The molecule has 0 aromatic carbocycles. The molecule has 0 aromatic rings. The first kappa shape index (κ1) is 8.13. The smallest absolute Gasteiger partial charge is 0.235 e. The molecule has 0 aliphatic carbocycles. The summed E-state index contributed by atoms with van der Waals surface area (Å²) in [4.78, 5) is 3.54. The van der Waals surface area contributed by atoms with E-state index in [2.05, 4.69) is 13.8 Å². The molecule has 1 aliphatic heterocycles. The SMILES string of the molecule is COS1=NC(Cl)=NC(Cl)=N1. The van der Waals surface area contributed by atoms with Gasteiger partial charge in [-0.25, -0.2) is 0 Å². The fourth-order valence-corrected chi connectivity index (χ4v) is 1.43. The van der Waals surface area contributed by atoms with E-state index in [0.717, 1.165) is 0 Å². The maximum atomic E-state index is 5.43. The number of hydrogen-bond donors (Lipinski definition) is 0. The van der Waals surface area contributed by atoms with E-state index >= 15 is 0 Å². The Hall–Kier alpha value is 0.0300. The second kappa shape index (κ2) is 3.43. The first-order chi connectivity index (χ1) is 4.72. The predicted molar refractivity (Wildman–Crippen MR) is 43.4 cm³/mol. The first-order valence-corrected chi connectivity index (χ1v) is 4.03. The van der Waals surface area contributed by atoms with Crippen molar-refractivity contribution < 1.29 is 4.18 Å². The summed E-state index contributed by atoms with van der Waals surface area (Å²) >= 11 is 9.97. The van der Waals surface area contributed by atoms with Crippen LogP contribution in [-0.4, -0.2) is 17.7 Å². The van der Waals surface area contributed by atoms with Crippen molar-refractivity contribution >= 4 is 44.9 Å². The van der Waals surface area contributed by atoms with Crippen LogP contribution in [0.2, 0.25) is 0 Å². The van der Waals surface area contributed by atoms with Crippen LogP contribution in [0.3, 0.4) is 0 Å². The highest BCUT2D eigenvalue weighted by molar-refractivity contribution is 7.82. The van der Waals surface area contributed by atoms with E-state index < -0.39 is 11.2 Å². The van der Waals surface area contributed by atoms with Crippen LogP contribution < -0.4 is 0 Å². The number of amidine groups is 2. The fraction of sp³-hybridized carbons (Fsp3) is 0.333. The van der Waals surface area contributed by atoms with Gasteiger partial charge in [-0.1, -0.05) is 0 Å². The summed E-state index contributed by atoms with van der Waals surface area (Å²) in [5, 5.41) is 0.148. The summed E-state index contributed by atoms with van der Waals surface area (Å²) in [5.74, 6) is 0. The fourth-order valence-electron chi connectivity index (χ4n) is 0.341. The van der Waals surface area contributed by atoms with Gasteiger partial charge in [-0.3, -0.25) is 4.18 Å². The summed E-state index contributed by atoms with van der Waals surface area (Å²) in [6.45, 7) is 0. The second-order valence-electron chi connectivity index (χ2n) is 1.23. The molecule has 0 amide bonds. The third-order valence-electron chi connectivity index (χ3n) is 0.640. The van der Waals surface area contributed by atoms with Crippen LogP contribution >= 0.6 is 23.2 Å². The van der Waals surface area contributed by atoms with Gasteiger partial charge in [0, 0.05) is 0 Å². The van der Waals surface area contributed by atoms with Crippen molar-refractivity contribution in [1.82, 2.24) is 0 Å². The molecule has 1 atom stereocenters. The van der Waals surface area contributed by atoms with Gasteiger partial charge >= 0.3 is 0 Å². The van der Waals surface area contributed by atoms with E-state index in [1.807, 2.05) is 0 Å². The van der Waals surface area contributed by atoms with E-state index in [0.29, 0.717) is 0 Å². The minimum absolute atomic E-state index is 0.0742. The number of halogens is 2. The van der Waals surface area contributed by atoms with Gasteiger partial charge in [0.25, 0.3) is 0 Å². The lowest BCUT2D eigenvalue weighted by Gasteiger charge is -2.00. The second-order valence-corrected chi connectivity index (χ2v) is 3.07. The molecule has 0 radical (unpaired) electrons. The molecule has 0 bridgehead atoms. The molecular weight excluding hydrogens is 197 g/mol. The quantitative estimate of drug-likeness (QED) is 0.591. The van der Waals surface area contributed by atoms with Crippen LogP contribution in [0.25, 0.3) is 0 Å². The van der Waals surface area contributed by atoms with Crippen LogP contribution in [0, 0.1) is 0 Å². The molecule has 0 fully saturated rings. The number of hydrogen-bond acceptors (Lipinski definition) is 4. The van der Waals surface area contributed by atoms with Crippen molar-refractivity contribution in [1.29, 1.82) is 0 Å². The third-order valence-corrected chi connectivity index (χ3v) is 2.14. The molecule has 1 rings (SSSR count). The zero-order chi connectivity index (χ0) is 7.56. The van der Waals surface area contributed by atoms with Gasteiger partial charge < -0.3 is 0 Å². The molecule has 7 heteroatoms. The summed E-state index contributed by atoms with van der Waals surface area (Å²) in [6.07, 6.45) is 0. The number of rotatable bonds is 1. The van der Waals surface area contributed by atoms with Crippen LogP contribution in [0.5, 0.6) is 0 Å². The highest BCUT2D eigenvalue weighted by atomic mass is 35.5. The molecule has 1 aliphatic rings. The maximum Gasteiger partial charge on any atom is 0.235 e. The molecule has 0 saturated heterocycles. The Balaban J connectivity index is 2.91. The van der Waals surface area contributed by atoms with E-state index in [1.54, 1.807) is 0 Å². The van der Waals surface area contributed by atoms with Crippen LogP contribution in [-0.2, 0) is 15.3 Å². The highest BCUT2D eigenvalue weighted by Crippen LogP contribution is 2.06. The van der Waals surface area contributed by atoms with Crippen molar-refractivity contribution in [2.45, 2.75) is 0 Å². The standard InChI is InChI=1S/C3H3Cl2N3OS/c1-9-10-7-2(4)6-3(5)8-10/h1H3. The molecule has 0 N–H and O–H groups in total. The average molecular weight is 200 g/mol. The number of nitrogens with zero attached hydrogens (tertiary/aromatic N) is 3. The van der Waals surface area contributed by atoms with Crippen LogP contribution in [0.1, 0.15) is 0 Å². The molecule has 0 spiro atoms. The van der Waals surface area contributed by atoms with Gasteiger partial charge in [0.15, 0.2) is 11.2 Å². The van der Waals surface area contributed by atoms with Gasteiger partial charge in [-0.05, 0) is 23.2 Å². The van der Waals surface area contributed by atoms with Gasteiger partial charge in [0.2, 0.25) is 10.6 Å². The topological polar surface area (TPSA) is 46.3 Å². The van der Waals surface area contributed by atoms with Crippen LogP contribution in [0.15, 0.2) is 13.8 Å². The average Bonchev–Trinajstić information content (AvgIpc) is 1.85. The molecular formula is C3H3Cl2N3OS. The van der Waals surface area contributed by atoms with Crippen molar-refractivity contribution in [3.05, 3.63) is 0 Å². The lowest BCUT2D eigenvalue weighted by molar-refractivity contribution is 0.480. The Kier molecular flexibility index (Phi) is 2.79. The van der Waals surface area contributed by atoms with E-state index in [9.17, 15) is 0 Å². The Labute approximate surface area is 70.3 Å². The third kappa shape index (κ3) is 2.02. The molecule has 0 aromatic heterocycles. The van der Waals surface area contributed by atoms with Gasteiger partial charge in [-0.2, -0.15) is 4.99 Å². The minimum atomic E-state index is -0.894. The largest absolute Gasteiger partial charge is 0.292 e. The predicted octanol–water partition coefficient (Wildman–Crippen LogP) is 1.47. The van der Waals surface area contributed by atoms with Crippen molar-refractivity contribution in [2.75, 3.05) is 7.11 Å². The van der Waals surface area contributed by atoms with Crippen molar-refractivity contribution in [3.8, 4) is 0 Å². The molecule has 4 nitrogen and oxygen atoms in total. The number of aliphatic imine (C=N–C) groups is 1. The van der Waals surface area contributed by atoms with E-state index in [4.69, 9.17) is 27.4 Å². The highest BCUT2D eigenvalue weighted by Gasteiger charge is 2.05. The van der Waals surface area contributed by atoms with Crippen molar-refractivity contribution in [2.24, 2.45) is 13.8 Å². The summed E-state index contributed by atoms with van der Waals surface area (Å²) in [7, 11) is 1.47. The molecule has 0 saturated carbocycles. The molecule has 56 valence electrons. The first-order valence-electron chi connectivity index (χ1n) is 2.21. The van der Waals surface area contributed by atoms with E-state index in [1.165, 1.54) is 7.11 Å². The Morgan fingerprint density at radius 3 is 2.60 bits per heavy atom. The zero-order valence-corrected chi connectivity index (χ0v) is 7.24. The minimum Gasteiger partial charge on any atom is -0.292 e. The van der Waals surface area contributed by atoms with Gasteiger partial charge in [-0.15, -0.1) is 8.76 Å². The molecule has 10 heavy (non-hydrogen) atoms. The van der Waals surface area contributed by atoms with E-state index in [-0.39, 0.29) is 10.6 Å². The van der Waals surface area contributed by atoms with Gasteiger partial charge in [0.1, 0.15) is 0 Å².